The van der Waals surface area contributed by atoms with Gasteiger partial charge in [-0.3, -0.25) is 14.4 Å². The van der Waals surface area contributed by atoms with Crippen LogP contribution in [-0.2, 0) is 42.9 Å². The van der Waals surface area contributed by atoms with Gasteiger partial charge < -0.3 is 49.2 Å². The summed E-state index contributed by atoms with van der Waals surface area (Å²) in [6.45, 7) is 13.1. The minimum Gasteiger partial charge on any atom is -0.456 e. The molecule has 2 amide bonds. The lowest BCUT2D eigenvalue weighted by Gasteiger charge is -2.47. The van der Waals surface area contributed by atoms with Crippen LogP contribution in [0.4, 0.5) is 0 Å². The molecule has 14 nitrogen and oxygen atoms in total. The Hall–Kier alpha value is -2.98. The molecule has 3 fully saturated rings. The van der Waals surface area contributed by atoms with E-state index in [0.717, 1.165) is 5.57 Å². The summed E-state index contributed by atoms with van der Waals surface area (Å²) in [5.41, 5.74) is 1.64. The van der Waals surface area contributed by atoms with E-state index in [2.05, 4.69) is 11.9 Å². The van der Waals surface area contributed by atoms with Crippen LogP contribution < -0.4 is 5.32 Å². The first-order valence-corrected chi connectivity index (χ1v) is 21.1. The number of ether oxygens (including phenoxy) is 5. The third-order valence-electron chi connectivity index (χ3n) is 12.8. The lowest BCUT2D eigenvalue weighted by atomic mass is 9.82. The molecule has 3 heterocycles. The number of aliphatic hydroxyl groups excluding tert-OH is 2. The second-order valence-corrected chi connectivity index (χ2v) is 17.4. The summed E-state index contributed by atoms with van der Waals surface area (Å²) in [5.74, 6) is -7.48. The Bertz CT molecular complexity index is 1500. The van der Waals surface area contributed by atoms with E-state index in [1.807, 2.05) is 26.0 Å². The van der Waals surface area contributed by atoms with Gasteiger partial charge in [-0.25, -0.2) is 4.79 Å². The van der Waals surface area contributed by atoms with Crippen LogP contribution in [0.3, 0.4) is 0 Å². The average molecular weight is 819 g/mol. The van der Waals surface area contributed by atoms with Crippen molar-refractivity contribution in [3.8, 4) is 0 Å². The highest BCUT2D eigenvalue weighted by Crippen LogP contribution is 2.39. The number of hydrogen-bond donors (Lipinski definition) is 4. The number of allylic oxidation sites excluding steroid dienone is 2. The maximum absolute atomic E-state index is 14.3. The van der Waals surface area contributed by atoms with E-state index in [0.29, 0.717) is 56.9 Å². The van der Waals surface area contributed by atoms with E-state index < -0.39 is 84.0 Å². The molecule has 1 unspecified atom stereocenters. The second kappa shape index (κ2) is 21.5. The van der Waals surface area contributed by atoms with E-state index in [-0.39, 0.29) is 49.7 Å². The zero-order valence-corrected chi connectivity index (χ0v) is 35.9. The summed E-state index contributed by atoms with van der Waals surface area (Å²) in [6.07, 6.45) is 4.95. The third-order valence-corrected chi connectivity index (χ3v) is 12.8. The smallest absolute Gasteiger partial charge is 0.329 e. The fourth-order valence-electron chi connectivity index (χ4n) is 9.40. The van der Waals surface area contributed by atoms with Crippen molar-refractivity contribution in [2.75, 3.05) is 27.9 Å². The molecular weight excluding hydrogens is 748 g/mol. The molecule has 0 aromatic carbocycles. The zero-order chi connectivity index (χ0) is 42.9. The number of aliphatic hydroxyl groups is 3. The summed E-state index contributed by atoms with van der Waals surface area (Å²) in [6, 6.07) is -1.54. The van der Waals surface area contributed by atoms with Crippen LogP contribution in [0.2, 0.25) is 0 Å². The first kappa shape index (κ1) is 47.7. The van der Waals surface area contributed by atoms with Gasteiger partial charge in [0.2, 0.25) is 11.7 Å². The van der Waals surface area contributed by atoms with E-state index >= 15 is 0 Å². The summed E-state index contributed by atoms with van der Waals surface area (Å²) >= 11 is 0. The molecule has 14 atom stereocenters. The number of rotatable bonds is 7. The first-order valence-electron chi connectivity index (χ1n) is 21.1. The van der Waals surface area contributed by atoms with Crippen LogP contribution in [0.1, 0.15) is 105 Å². The number of carbonyl (C=O) groups excluding carboxylic acids is 4. The highest BCUT2D eigenvalue weighted by atomic mass is 16.7. The molecule has 4 rings (SSSR count). The van der Waals surface area contributed by atoms with Crippen molar-refractivity contribution in [2.24, 2.45) is 23.7 Å². The summed E-state index contributed by atoms with van der Waals surface area (Å²) in [7, 11) is 4.61. The van der Waals surface area contributed by atoms with E-state index in [1.165, 1.54) is 19.1 Å². The number of esters is 1. The maximum atomic E-state index is 14.3. The van der Waals surface area contributed by atoms with Crippen molar-refractivity contribution in [3.05, 3.63) is 36.0 Å². The Morgan fingerprint density at radius 1 is 0.948 bits per heavy atom. The Kier molecular flexibility index (Phi) is 17.7. The van der Waals surface area contributed by atoms with Gasteiger partial charge in [-0.2, -0.15) is 0 Å². The second-order valence-electron chi connectivity index (χ2n) is 17.4. The van der Waals surface area contributed by atoms with E-state index in [1.54, 1.807) is 34.0 Å². The van der Waals surface area contributed by atoms with E-state index in [9.17, 15) is 34.5 Å². The monoisotopic (exact) mass is 818 g/mol. The topological polar surface area (TPSA) is 190 Å². The van der Waals surface area contributed by atoms with Gasteiger partial charge in [-0.15, -0.1) is 6.58 Å². The molecule has 2 bridgehead atoms. The normalized spacial score (nSPS) is 40.5. The molecule has 0 spiro atoms. The number of amides is 2. The van der Waals surface area contributed by atoms with Gasteiger partial charge in [0.25, 0.3) is 11.7 Å². The number of ketones is 1. The quantitative estimate of drug-likeness (QED) is 0.165. The number of nitrogens with zero attached hydrogens (tertiary/aromatic N) is 1. The van der Waals surface area contributed by atoms with Gasteiger partial charge >= 0.3 is 5.97 Å². The molecule has 0 aromatic heterocycles. The number of fused-ring (bicyclic) bond motifs is 3. The summed E-state index contributed by atoms with van der Waals surface area (Å²) in [4.78, 5) is 57.5. The van der Waals surface area contributed by atoms with Gasteiger partial charge in [0.05, 0.1) is 43.0 Å². The largest absolute Gasteiger partial charge is 0.456 e. The third kappa shape index (κ3) is 11.6. The molecule has 4 aliphatic rings. The van der Waals surface area contributed by atoms with Gasteiger partial charge in [-0.05, 0) is 95.5 Å². The predicted molar refractivity (Wildman–Crippen MR) is 216 cm³/mol. The van der Waals surface area contributed by atoms with E-state index in [4.69, 9.17) is 23.7 Å². The number of nitrogens with one attached hydrogen (secondary N) is 1. The number of hydrogen-bond acceptors (Lipinski definition) is 12. The van der Waals surface area contributed by atoms with Gasteiger partial charge in [0.15, 0.2) is 0 Å². The van der Waals surface area contributed by atoms with Crippen molar-refractivity contribution in [3.63, 3.8) is 0 Å². The fraction of sp³-hybridized carbons (Fsp3) is 0.773. The summed E-state index contributed by atoms with van der Waals surface area (Å²) < 4.78 is 29.7. The number of methoxy groups -OCH3 is 3. The lowest BCUT2D eigenvalue weighted by molar-refractivity contribution is -0.302. The van der Waals surface area contributed by atoms with Gasteiger partial charge in [-0.1, -0.05) is 44.6 Å². The molecular formula is C44H70N2O12. The zero-order valence-electron chi connectivity index (χ0n) is 35.9. The van der Waals surface area contributed by atoms with Gasteiger partial charge in [0, 0.05) is 39.7 Å². The first-order chi connectivity index (χ1) is 27.5. The molecule has 3 aliphatic heterocycles. The highest BCUT2D eigenvalue weighted by Gasteiger charge is 2.56. The molecule has 1 saturated carbocycles. The molecule has 0 aromatic rings. The highest BCUT2D eigenvalue weighted by molar-refractivity contribution is 6.39. The van der Waals surface area contributed by atoms with Crippen LogP contribution >= 0.6 is 0 Å². The van der Waals surface area contributed by atoms with Gasteiger partial charge in [0.1, 0.15) is 18.2 Å². The standard InChI is InChI=1S/C44H70N2O12/c1-10-13-31-19-25(2)18-26(3)20-36(55-8)40-37(56-9)22-28(5)44(53,58-40)41(50)42(51)46-17-12-11-14-32(46)43(52)57-39(29(6)34(48)24-38(49)45-31)27(4)21-30-15-16-33(47)35(23-30)54-7/h10,19,21,26,28-37,39-40,47-48,53H,1,11-18,20,22-24H2,2-9H3,(H,45,49)/b25-19-,27-21+/t26-,28+,29+,30-,31+,32-,33?,34+,35+,36-,37-,39+,40+,44+/m0/s1. The van der Waals surface area contributed by atoms with Crippen molar-refractivity contribution >= 4 is 23.6 Å². The van der Waals surface area contributed by atoms with Crippen molar-refractivity contribution < 1.29 is 58.2 Å². The van der Waals surface area contributed by atoms with Crippen LogP contribution in [-0.4, -0.2) is 132 Å². The predicted octanol–water partition coefficient (Wildman–Crippen LogP) is 3.94. The number of cyclic esters (lactones) is 1. The maximum Gasteiger partial charge on any atom is 0.329 e. The van der Waals surface area contributed by atoms with Crippen molar-refractivity contribution in [1.82, 2.24) is 10.2 Å². The average Bonchev–Trinajstić information content (AvgIpc) is 3.19. The minimum absolute atomic E-state index is 0.0192. The Morgan fingerprint density at radius 3 is 2.28 bits per heavy atom. The van der Waals surface area contributed by atoms with Crippen LogP contribution in [0.15, 0.2) is 36.0 Å². The molecule has 4 N–H and O–H groups in total. The van der Waals surface area contributed by atoms with Crippen molar-refractivity contribution in [1.29, 1.82) is 0 Å². The minimum atomic E-state index is -2.51. The molecule has 14 heteroatoms. The fourth-order valence-corrected chi connectivity index (χ4v) is 9.40. The number of carbonyl (C=O) groups is 4. The molecule has 2 saturated heterocycles. The number of Topliss-reactive ketones (excluding diaryl/α,β-unsaturated/α-hetero) is 1. The Morgan fingerprint density at radius 2 is 1.62 bits per heavy atom. The van der Waals surface area contributed by atoms with Crippen LogP contribution in [0.5, 0.6) is 0 Å². The Labute approximate surface area is 344 Å². The number of piperidine rings is 1. The lowest BCUT2D eigenvalue weighted by Crippen LogP contribution is -2.64. The van der Waals surface area contributed by atoms with Crippen LogP contribution in [0.25, 0.3) is 0 Å². The molecule has 58 heavy (non-hydrogen) atoms. The Balaban J connectivity index is 1.76. The molecule has 1 aliphatic carbocycles. The van der Waals surface area contributed by atoms with Crippen LogP contribution in [0, 0.1) is 23.7 Å². The SMILES string of the molecule is C=CC[C@@H]1/C=C(/C)C[C@H](C)C[C@H](OC)[C@H]2O[C@@](O)(C(=O)C(=O)N3CCCC[C@H]3C(=O)O[C@H](/C(C)=C/[C@@H]3CCC(O)[C@H](OC)C3)[C@H](C)[C@H](O)CC(=O)N1)[C@H](C)C[C@@H]2OC. The van der Waals surface area contributed by atoms with Crippen molar-refractivity contribution in [2.45, 2.75) is 166 Å². The summed E-state index contributed by atoms with van der Waals surface area (Å²) in [5, 5.41) is 37.1. The molecule has 0 radical (unpaired) electrons. The molecule has 328 valence electrons.